The SMILES string of the molecule is O=S(=O)(c1cc2sc3c4ccccc4ccc3c2c2ccccc12)N(c1ccccc1)c1ccccc1. The van der Waals surface area contributed by atoms with Crippen LogP contribution in [0.25, 0.3) is 41.7 Å². The van der Waals surface area contributed by atoms with Gasteiger partial charge in [0.25, 0.3) is 10.0 Å². The van der Waals surface area contributed by atoms with Crippen LogP contribution < -0.4 is 4.31 Å². The van der Waals surface area contributed by atoms with E-state index >= 15 is 0 Å². The fraction of sp³-hybridized carbons (Fsp3) is 0. The summed E-state index contributed by atoms with van der Waals surface area (Å²) in [6.07, 6.45) is 0. The lowest BCUT2D eigenvalue weighted by molar-refractivity contribution is 0.597. The summed E-state index contributed by atoms with van der Waals surface area (Å²) < 4.78 is 32.7. The van der Waals surface area contributed by atoms with Crippen LogP contribution in [0, 0.1) is 0 Å². The Bertz CT molecular complexity index is 2010. The van der Waals surface area contributed by atoms with E-state index in [4.69, 9.17) is 0 Å². The zero-order chi connectivity index (χ0) is 25.0. The molecule has 0 saturated heterocycles. The Labute approximate surface area is 218 Å². The molecule has 0 aliphatic carbocycles. The van der Waals surface area contributed by atoms with E-state index in [9.17, 15) is 8.42 Å². The molecule has 0 saturated carbocycles. The molecule has 3 nitrogen and oxygen atoms in total. The second-order valence-electron chi connectivity index (χ2n) is 9.00. The zero-order valence-electron chi connectivity index (χ0n) is 19.7. The number of fused-ring (bicyclic) bond motifs is 7. The van der Waals surface area contributed by atoms with Crippen LogP contribution in [0.1, 0.15) is 0 Å². The van der Waals surface area contributed by atoms with Gasteiger partial charge in [0.1, 0.15) is 0 Å². The highest BCUT2D eigenvalue weighted by molar-refractivity contribution is 7.93. The molecular weight excluding hydrogens is 494 g/mol. The first kappa shape index (κ1) is 22.0. The molecule has 37 heavy (non-hydrogen) atoms. The van der Waals surface area contributed by atoms with Crippen molar-refractivity contribution in [2.75, 3.05) is 4.31 Å². The van der Waals surface area contributed by atoms with Gasteiger partial charge < -0.3 is 0 Å². The monoisotopic (exact) mass is 515 g/mol. The van der Waals surface area contributed by atoms with Gasteiger partial charge in [-0.2, -0.15) is 0 Å². The van der Waals surface area contributed by atoms with Gasteiger partial charge in [-0.15, -0.1) is 11.3 Å². The topological polar surface area (TPSA) is 37.4 Å². The van der Waals surface area contributed by atoms with Crippen LogP contribution in [0.3, 0.4) is 0 Å². The first-order valence-electron chi connectivity index (χ1n) is 12.0. The number of anilines is 2. The van der Waals surface area contributed by atoms with E-state index in [1.807, 2.05) is 97.1 Å². The van der Waals surface area contributed by atoms with Crippen molar-refractivity contribution < 1.29 is 8.42 Å². The van der Waals surface area contributed by atoms with Crippen LogP contribution in [0.2, 0.25) is 0 Å². The van der Waals surface area contributed by atoms with Gasteiger partial charge in [0.2, 0.25) is 0 Å². The van der Waals surface area contributed by atoms with Gasteiger partial charge in [-0.05, 0) is 46.5 Å². The Morgan fingerprint density at radius 3 is 1.78 bits per heavy atom. The Kier molecular flexibility index (Phi) is 5.03. The molecule has 0 N–H and O–H groups in total. The minimum absolute atomic E-state index is 0.305. The molecule has 0 fully saturated rings. The lowest BCUT2D eigenvalue weighted by Gasteiger charge is -2.25. The van der Waals surface area contributed by atoms with Gasteiger partial charge in [0.05, 0.1) is 16.3 Å². The van der Waals surface area contributed by atoms with Gasteiger partial charge in [-0.3, -0.25) is 0 Å². The molecule has 0 unspecified atom stereocenters. The summed E-state index contributed by atoms with van der Waals surface area (Å²) in [5.74, 6) is 0. The molecule has 178 valence electrons. The number of rotatable bonds is 4. The van der Waals surface area contributed by atoms with E-state index in [0.29, 0.717) is 16.3 Å². The Hall–Kier alpha value is -4.19. The van der Waals surface area contributed by atoms with E-state index in [0.717, 1.165) is 26.2 Å². The molecule has 0 amide bonds. The van der Waals surface area contributed by atoms with Crippen LogP contribution >= 0.6 is 11.3 Å². The van der Waals surface area contributed by atoms with Crippen molar-refractivity contribution in [3.8, 4) is 0 Å². The number of thiophene rings is 1. The quantitative estimate of drug-likeness (QED) is 0.235. The normalized spacial score (nSPS) is 12.0. The van der Waals surface area contributed by atoms with Crippen LogP contribution in [0.5, 0.6) is 0 Å². The zero-order valence-corrected chi connectivity index (χ0v) is 21.3. The smallest absolute Gasteiger partial charge is 0.235 e. The molecular formula is C32H21NO2S2. The van der Waals surface area contributed by atoms with E-state index in [1.165, 1.54) is 19.8 Å². The third-order valence-corrected chi connectivity index (χ3v) is 9.81. The Balaban J connectivity index is 1.57. The van der Waals surface area contributed by atoms with Gasteiger partial charge in [-0.1, -0.05) is 97.1 Å². The molecule has 5 heteroatoms. The standard InChI is InChI=1S/C32H21NO2S2/c34-37(35,33(23-12-3-1-4-13-23)24-14-5-2-6-15-24)30-21-29-31(27-18-10-9-17-26(27)30)28-20-19-22-11-7-8-16-25(22)32(28)36-29/h1-21H. The Morgan fingerprint density at radius 1 is 0.541 bits per heavy atom. The minimum atomic E-state index is -3.97. The summed E-state index contributed by atoms with van der Waals surface area (Å²) in [5.41, 5.74) is 1.19. The third kappa shape index (κ3) is 3.43. The highest BCUT2D eigenvalue weighted by Crippen LogP contribution is 2.45. The lowest BCUT2D eigenvalue weighted by atomic mass is 10.0. The minimum Gasteiger partial charge on any atom is -0.235 e. The maximum Gasteiger partial charge on any atom is 0.269 e. The van der Waals surface area contributed by atoms with Crippen LogP contribution in [-0.2, 0) is 10.0 Å². The van der Waals surface area contributed by atoms with E-state index in [1.54, 1.807) is 11.3 Å². The van der Waals surface area contributed by atoms with Crippen molar-refractivity contribution in [1.82, 2.24) is 0 Å². The summed E-state index contributed by atoms with van der Waals surface area (Å²) in [6.45, 7) is 0. The summed E-state index contributed by atoms with van der Waals surface area (Å²) >= 11 is 1.66. The van der Waals surface area contributed by atoms with Crippen molar-refractivity contribution in [3.63, 3.8) is 0 Å². The molecule has 0 spiro atoms. The highest BCUT2D eigenvalue weighted by atomic mass is 32.2. The maximum absolute atomic E-state index is 14.5. The van der Waals surface area contributed by atoms with Crippen molar-refractivity contribution in [3.05, 3.63) is 127 Å². The summed E-state index contributed by atoms with van der Waals surface area (Å²) in [6, 6.07) is 40.9. The molecule has 7 aromatic rings. The van der Waals surface area contributed by atoms with Crippen LogP contribution in [0.15, 0.2) is 132 Å². The molecule has 0 bridgehead atoms. The largest absolute Gasteiger partial charge is 0.269 e. The molecule has 6 aromatic carbocycles. The molecule has 0 aliphatic rings. The molecule has 7 rings (SSSR count). The van der Waals surface area contributed by atoms with Crippen LogP contribution in [-0.4, -0.2) is 8.42 Å². The number of para-hydroxylation sites is 2. The Morgan fingerprint density at radius 2 is 1.11 bits per heavy atom. The number of hydrogen-bond donors (Lipinski definition) is 0. The van der Waals surface area contributed by atoms with E-state index in [2.05, 4.69) is 30.3 Å². The average molecular weight is 516 g/mol. The molecule has 0 atom stereocenters. The fourth-order valence-corrected chi connectivity index (χ4v) is 8.29. The van der Waals surface area contributed by atoms with Crippen LogP contribution in [0.4, 0.5) is 11.4 Å². The summed E-state index contributed by atoms with van der Waals surface area (Å²) in [7, 11) is -3.97. The second kappa shape index (κ2) is 8.44. The number of nitrogens with zero attached hydrogens (tertiary/aromatic N) is 1. The van der Waals surface area contributed by atoms with E-state index in [-0.39, 0.29) is 0 Å². The van der Waals surface area contributed by atoms with Crippen molar-refractivity contribution in [2.24, 2.45) is 0 Å². The van der Waals surface area contributed by atoms with Gasteiger partial charge in [0, 0.05) is 25.6 Å². The average Bonchev–Trinajstić information content (AvgIpc) is 3.33. The van der Waals surface area contributed by atoms with Gasteiger partial charge in [-0.25, -0.2) is 12.7 Å². The molecule has 1 aromatic heterocycles. The molecule has 0 aliphatic heterocycles. The first-order chi connectivity index (χ1) is 18.1. The number of sulfonamides is 1. The number of hydrogen-bond acceptors (Lipinski definition) is 3. The van der Waals surface area contributed by atoms with Gasteiger partial charge >= 0.3 is 0 Å². The first-order valence-corrected chi connectivity index (χ1v) is 14.3. The molecule has 1 heterocycles. The van der Waals surface area contributed by atoms with Crippen molar-refractivity contribution in [1.29, 1.82) is 0 Å². The third-order valence-electron chi connectivity index (χ3n) is 6.83. The second-order valence-corrected chi connectivity index (χ2v) is 11.8. The summed E-state index contributed by atoms with van der Waals surface area (Å²) in [4.78, 5) is 0.305. The highest BCUT2D eigenvalue weighted by Gasteiger charge is 2.29. The van der Waals surface area contributed by atoms with E-state index < -0.39 is 10.0 Å². The number of benzene rings is 6. The van der Waals surface area contributed by atoms with Gasteiger partial charge in [0.15, 0.2) is 0 Å². The molecule has 0 radical (unpaired) electrons. The maximum atomic E-state index is 14.5. The fourth-order valence-electron chi connectivity index (χ4n) is 5.20. The van der Waals surface area contributed by atoms with Crippen molar-refractivity contribution in [2.45, 2.75) is 4.90 Å². The predicted octanol–water partition coefficient (Wildman–Crippen LogP) is 8.89. The summed E-state index contributed by atoms with van der Waals surface area (Å²) in [5, 5.41) is 6.29. The van der Waals surface area contributed by atoms with Crippen molar-refractivity contribution >= 4 is 74.5 Å². The lowest BCUT2D eigenvalue weighted by Crippen LogP contribution is -2.26. The predicted molar refractivity (Wildman–Crippen MR) is 157 cm³/mol.